The Morgan fingerprint density at radius 2 is 2.22 bits per heavy atom. The molecular weight excluding hydrogens is 230 g/mol. The Balaban J connectivity index is 2.54. The summed E-state index contributed by atoms with van der Waals surface area (Å²) in [6, 6.07) is 7.11. The van der Waals surface area contributed by atoms with Gasteiger partial charge in [0.2, 0.25) is 0 Å². The maximum atomic E-state index is 11.5. The highest BCUT2D eigenvalue weighted by atomic mass is 16.5. The molecule has 5 nitrogen and oxygen atoms in total. The lowest BCUT2D eigenvalue weighted by Crippen LogP contribution is -2.19. The van der Waals surface area contributed by atoms with Gasteiger partial charge in [-0.1, -0.05) is 6.07 Å². The molecule has 2 aromatic rings. The van der Waals surface area contributed by atoms with Crippen LogP contribution in [0.3, 0.4) is 0 Å². The number of methoxy groups -OCH3 is 1. The second kappa shape index (κ2) is 5.55. The van der Waals surface area contributed by atoms with E-state index in [0.29, 0.717) is 19.0 Å². The van der Waals surface area contributed by atoms with Crippen molar-refractivity contribution in [2.45, 2.75) is 13.5 Å². The Hall–Kier alpha value is -2.01. The van der Waals surface area contributed by atoms with Gasteiger partial charge in [0.25, 0.3) is 5.56 Å². The Morgan fingerprint density at radius 3 is 2.89 bits per heavy atom. The summed E-state index contributed by atoms with van der Waals surface area (Å²) in [5, 5.41) is 0. The van der Waals surface area contributed by atoms with Crippen LogP contribution in [0, 0.1) is 6.92 Å². The van der Waals surface area contributed by atoms with Crippen LogP contribution in [-0.2, 0) is 11.3 Å². The number of hydrogen-bond acceptors (Lipinski definition) is 4. The number of pyridine rings is 1. The number of ether oxygens (including phenoxy) is 1. The Bertz CT molecular complexity index is 579. The monoisotopic (exact) mass is 245 g/mol. The third-order valence-electron chi connectivity index (χ3n) is 2.66. The molecule has 0 fully saturated rings. The highest BCUT2D eigenvalue weighted by Crippen LogP contribution is 2.15. The summed E-state index contributed by atoms with van der Waals surface area (Å²) in [4.78, 5) is 19.7. The van der Waals surface area contributed by atoms with Crippen LogP contribution in [0.4, 0.5) is 0 Å². The van der Waals surface area contributed by atoms with E-state index in [1.807, 2.05) is 29.7 Å². The van der Waals surface area contributed by atoms with E-state index < -0.39 is 0 Å². The largest absolute Gasteiger partial charge is 0.383 e. The second-order valence-corrected chi connectivity index (χ2v) is 3.89. The number of rotatable bonds is 4. The smallest absolute Gasteiger partial charge is 0.273 e. The summed E-state index contributed by atoms with van der Waals surface area (Å²) in [5.74, 6) is 0.667. The molecule has 0 atom stereocenters. The van der Waals surface area contributed by atoms with Crippen molar-refractivity contribution < 1.29 is 4.74 Å². The second-order valence-electron chi connectivity index (χ2n) is 3.89. The molecule has 0 saturated heterocycles. The summed E-state index contributed by atoms with van der Waals surface area (Å²) < 4.78 is 7.01. The highest BCUT2D eigenvalue weighted by molar-refractivity contribution is 5.53. The molecule has 0 spiro atoms. The van der Waals surface area contributed by atoms with Gasteiger partial charge in [-0.2, -0.15) is 4.98 Å². The third kappa shape index (κ3) is 2.62. The summed E-state index contributed by atoms with van der Waals surface area (Å²) in [7, 11) is 1.64. The number of aromatic nitrogens is 3. The molecular formula is C13H15N3O2. The molecule has 0 N–H and O–H groups in total. The SMILES string of the molecule is COCCn1c(-c2ccccn2)cc(=O)nc1C. The van der Waals surface area contributed by atoms with Crippen molar-refractivity contribution in [1.82, 2.24) is 14.5 Å². The fourth-order valence-electron chi connectivity index (χ4n) is 1.81. The number of aryl methyl sites for hydroxylation is 1. The van der Waals surface area contributed by atoms with E-state index in [9.17, 15) is 4.79 Å². The zero-order valence-corrected chi connectivity index (χ0v) is 10.5. The van der Waals surface area contributed by atoms with E-state index in [-0.39, 0.29) is 5.56 Å². The molecule has 0 unspecified atom stereocenters. The van der Waals surface area contributed by atoms with Gasteiger partial charge >= 0.3 is 0 Å². The van der Waals surface area contributed by atoms with Crippen LogP contribution in [0.15, 0.2) is 35.3 Å². The van der Waals surface area contributed by atoms with Gasteiger partial charge in [0.1, 0.15) is 5.82 Å². The molecule has 0 aliphatic heterocycles. The molecule has 0 bridgehead atoms. The van der Waals surface area contributed by atoms with Crippen molar-refractivity contribution in [3.05, 3.63) is 46.6 Å². The third-order valence-corrected chi connectivity index (χ3v) is 2.66. The van der Waals surface area contributed by atoms with Gasteiger partial charge in [0.15, 0.2) is 0 Å². The van der Waals surface area contributed by atoms with Crippen molar-refractivity contribution in [2.24, 2.45) is 0 Å². The molecule has 5 heteroatoms. The van der Waals surface area contributed by atoms with Crippen molar-refractivity contribution in [3.63, 3.8) is 0 Å². The van der Waals surface area contributed by atoms with Crippen LogP contribution in [0.1, 0.15) is 5.82 Å². The molecule has 2 heterocycles. The first kappa shape index (κ1) is 12.4. The van der Waals surface area contributed by atoms with Crippen LogP contribution in [0.5, 0.6) is 0 Å². The lowest BCUT2D eigenvalue weighted by molar-refractivity contribution is 0.186. The van der Waals surface area contributed by atoms with E-state index in [4.69, 9.17) is 4.74 Å². The normalized spacial score (nSPS) is 10.6. The van der Waals surface area contributed by atoms with Crippen LogP contribution < -0.4 is 5.56 Å². The van der Waals surface area contributed by atoms with E-state index in [1.165, 1.54) is 6.07 Å². The zero-order valence-electron chi connectivity index (χ0n) is 10.5. The maximum absolute atomic E-state index is 11.5. The first-order valence-corrected chi connectivity index (χ1v) is 5.71. The zero-order chi connectivity index (χ0) is 13.0. The van der Waals surface area contributed by atoms with Gasteiger partial charge < -0.3 is 9.30 Å². The minimum absolute atomic E-state index is 0.248. The lowest BCUT2D eigenvalue weighted by atomic mass is 10.2. The Labute approximate surface area is 105 Å². The van der Waals surface area contributed by atoms with Gasteiger partial charge in [-0.3, -0.25) is 9.78 Å². The van der Waals surface area contributed by atoms with Crippen LogP contribution >= 0.6 is 0 Å². The van der Waals surface area contributed by atoms with Gasteiger partial charge in [-0.15, -0.1) is 0 Å². The fraction of sp³-hybridized carbons (Fsp3) is 0.308. The Kier molecular flexibility index (Phi) is 3.84. The molecule has 0 aliphatic rings. The Morgan fingerprint density at radius 1 is 1.39 bits per heavy atom. The van der Waals surface area contributed by atoms with Crippen molar-refractivity contribution in [1.29, 1.82) is 0 Å². The van der Waals surface area contributed by atoms with Crippen molar-refractivity contribution in [3.8, 4) is 11.4 Å². The molecule has 2 aromatic heterocycles. The molecule has 0 saturated carbocycles. The molecule has 18 heavy (non-hydrogen) atoms. The molecule has 0 amide bonds. The summed E-state index contributed by atoms with van der Waals surface area (Å²) >= 11 is 0. The van der Waals surface area contributed by atoms with E-state index in [2.05, 4.69) is 9.97 Å². The van der Waals surface area contributed by atoms with E-state index >= 15 is 0 Å². The topological polar surface area (TPSA) is 57.0 Å². The quantitative estimate of drug-likeness (QED) is 0.813. The number of hydrogen-bond donors (Lipinski definition) is 0. The lowest BCUT2D eigenvalue weighted by Gasteiger charge is -2.14. The van der Waals surface area contributed by atoms with Crippen LogP contribution in [0.25, 0.3) is 11.4 Å². The van der Waals surface area contributed by atoms with E-state index in [0.717, 1.165) is 11.4 Å². The minimum atomic E-state index is -0.248. The van der Waals surface area contributed by atoms with Gasteiger partial charge in [0, 0.05) is 25.9 Å². The average Bonchev–Trinajstić information content (AvgIpc) is 2.38. The fourth-order valence-corrected chi connectivity index (χ4v) is 1.81. The summed E-state index contributed by atoms with van der Waals surface area (Å²) in [5.41, 5.74) is 1.28. The summed E-state index contributed by atoms with van der Waals surface area (Å²) in [6.07, 6.45) is 1.70. The van der Waals surface area contributed by atoms with Gasteiger partial charge in [-0.25, -0.2) is 0 Å². The number of nitrogens with zero attached hydrogens (tertiary/aromatic N) is 3. The molecule has 2 rings (SSSR count). The van der Waals surface area contributed by atoms with Crippen molar-refractivity contribution in [2.75, 3.05) is 13.7 Å². The molecule has 94 valence electrons. The first-order valence-electron chi connectivity index (χ1n) is 5.71. The average molecular weight is 245 g/mol. The standard InChI is InChI=1S/C13H15N3O2/c1-10-15-13(17)9-12(16(10)7-8-18-2)11-5-3-4-6-14-11/h3-6,9H,7-8H2,1-2H3. The predicted molar refractivity (Wildman–Crippen MR) is 68.3 cm³/mol. The highest BCUT2D eigenvalue weighted by Gasteiger charge is 2.09. The van der Waals surface area contributed by atoms with Gasteiger partial charge in [-0.05, 0) is 19.1 Å². The first-order chi connectivity index (χ1) is 8.72. The molecule has 0 aliphatic carbocycles. The maximum Gasteiger partial charge on any atom is 0.273 e. The molecule has 0 aromatic carbocycles. The van der Waals surface area contributed by atoms with Crippen molar-refractivity contribution >= 4 is 0 Å². The van der Waals surface area contributed by atoms with Gasteiger partial charge in [0.05, 0.1) is 18.0 Å². The summed E-state index contributed by atoms with van der Waals surface area (Å²) in [6.45, 7) is 3.01. The van der Waals surface area contributed by atoms with Crippen LogP contribution in [0.2, 0.25) is 0 Å². The minimum Gasteiger partial charge on any atom is -0.383 e. The molecule has 0 radical (unpaired) electrons. The van der Waals surface area contributed by atoms with E-state index in [1.54, 1.807) is 13.3 Å². The predicted octanol–water partition coefficient (Wildman–Crippen LogP) is 1.26. The van der Waals surface area contributed by atoms with Crippen LogP contribution in [-0.4, -0.2) is 28.3 Å².